The molecule has 186 valence electrons. The second kappa shape index (κ2) is 16.4. The molecule has 0 radical (unpaired) electrons. The standard InChI is InChI=1S/C20H40N6O6/c1-12(2)16(20(31)32)26-19(30)15(8-4-6-10-22)25-18(29)14(7-3-5-9-21)24-17(28)13(23)11-27/h12-16,27H,3-11,21-23H2,1-2H3,(H,24,28)(H,25,29)(H,26,30)(H,31,32). The molecule has 12 nitrogen and oxygen atoms in total. The minimum Gasteiger partial charge on any atom is -0.480 e. The summed E-state index contributed by atoms with van der Waals surface area (Å²) in [6, 6.07) is -4.29. The quantitative estimate of drug-likeness (QED) is 0.110. The van der Waals surface area contributed by atoms with Crippen molar-refractivity contribution in [2.45, 2.75) is 76.5 Å². The van der Waals surface area contributed by atoms with Crippen LogP contribution in [0.15, 0.2) is 0 Å². The molecule has 4 atom stereocenters. The van der Waals surface area contributed by atoms with Gasteiger partial charge in [0.05, 0.1) is 6.61 Å². The van der Waals surface area contributed by atoms with Gasteiger partial charge in [-0.15, -0.1) is 0 Å². The van der Waals surface area contributed by atoms with Crippen molar-refractivity contribution in [2.24, 2.45) is 23.1 Å². The van der Waals surface area contributed by atoms with E-state index in [2.05, 4.69) is 16.0 Å². The van der Waals surface area contributed by atoms with Crippen LogP contribution in [0.2, 0.25) is 0 Å². The molecular formula is C20H40N6O6. The maximum atomic E-state index is 12.9. The van der Waals surface area contributed by atoms with Crippen molar-refractivity contribution in [1.82, 2.24) is 16.0 Å². The zero-order chi connectivity index (χ0) is 24.7. The average Bonchev–Trinajstić information content (AvgIpc) is 2.74. The average molecular weight is 461 g/mol. The summed E-state index contributed by atoms with van der Waals surface area (Å²) < 4.78 is 0. The number of carboxylic acid groups (broad SMARTS) is 1. The first-order chi connectivity index (χ1) is 15.1. The molecule has 0 fully saturated rings. The molecule has 0 aromatic heterocycles. The number of hydrogen-bond acceptors (Lipinski definition) is 8. The maximum absolute atomic E-state index is 12.9. The molecule has 0 bridgehead atoms. The second-order valence-corrected chi connectivity index (χ2v) is 8.05. The van der Waals surface area contributed by atoms with Crippen molar-refractivity contribution in [1.29, 1.82) is 0 Å². The highest BCUT2D eigenvalue weighted by Gasteiger charge is 2.30. The van der Waals surface area contributed by atoms with Gasteiger partial charge in [0, 0.05) is 0 Å². The Bertz CT molecular complexity index is 603. The Morgan fingerprint density at radius 2 is 1.22 bits per heavy atom. The van der Waals surface area contributed by atoms with Crippen LogP contribution in [0.5, 0.6) is 0 Å². The zero-order valence-electron chi connectivity index (χ0n) is 19.0. The Balaban J connectivity index is 5.43. The molecule has 4 unspecified atom stereocenters. The number of carbonyl (C=O) groups excluding carboxylic acids is 3. The topological polar surface area (TPSA) is 223 Å². The van der Waals surface area contributed by atoms with E-state index in [-0.39, 0.29) is 18.8 Å². The number of carbonyl (C=O) groups is 4. The van der Waals surface area contributed by atoms with Gasteiger partial charge in [-0.2, -0.15) is 0 Å². The van der Waals surface area contributed by atoms with E-state index in [9.17, 15) is 24.3 Å². The number of nitrogens with two attached hydrogens (primary N) is 3. The molecule has 0 spiro atoms. The first-order valence-electron chi connectivity index (χ1n) is 11.0. The van der Waals surface area contributed by atoms with Gasteiger partial charge in [0.2, 0.25) is 17.7 Å². The van der Waals surface area contributed by atoms with E-state index in [4.69, 9.17) is 22.3 Å². The Morgan fingerprint density at radius 3 is 1.59 bits per heavy atom. The highest BCUT2D eigenvalue weighted by Crippen LogP contribution is 2.08. The Hall–Kier alpha value is -2.28. The van der Waals surface area contributed by atoms with Crippen molar-refractivity contribution in [3.05, 3.63) is 0 Å². The molecule has 0 saturated carbocycles. The summed E-state index contributed by atoms with van der Waals surface area (Å²) in [7, 11) is 0. The van der Waals surface area contributed by atoms with E-state index in [0.29, 0.717) is 38.8 Å². The predicted octanol–water partition coefficient (Wildman–Crippen LogP) is -2.24. The number of aliphatic hydroxyl groups excluding tert-OH is 1. The van der Waals surface area contributed by atoms with Crippen LogP contribution in [-0.4, -0.2) is 77.8 Å². The third-order valence-electron chi connectivity index (χ3n) is 4.92. The predicted molar refractivity (Wildman–Crippen MR) is 119 cm³/mol. The van der Waals surface area contributed by atoms with Gasteiger partial charge >= 0.3 is 5.97 Å². The van der Waals surface area contributed by atoms with Crippen molar-refractivity contribution < 1.29 is 29.4 Å². The van der Waals surface area contributed by atoms with Crippen LogP contribution in [0.25, 0.3) is 0 Å². The molecule has 11 N–H and O–H groups in total. The van der Waals surface area contributed by atoms with E-state index >= 15 is 0 Å². The van der Waals surface area contributed by atoms with Crippen LogP contribution < -0.4 is 33.2 Å². The van der Waals surface area contributed by atoms with Crippen molar-refractivity contribution >= 4 is 23.7 Å². The Kier molecular flexibility index (Phi) is 15.2. The number of nitrogens with one attached hydrogen (secondary N) is 3. The Labute approximate surface area is 189 Å². The molecule has 3 amide bonds. The van der Waals surface area contributed by atoms with Gasteiger partial charge in [0.25, 0.3) is 0 Å². The lowest BCUT2D eigenvalue weighted by atomic mass is 10.0. The van der Waals surface area contributed by atoms with Gasteiger partial charge in [0.15, 0.2) is 0 Å². The lowest BCUT2D eigenvalue weighted by Gasteiger charge is -2.26. The molecule has 0 aliphatic heterocycles. The fourth-order valence-electron chi connectivity index (χ4n) is 2.92. The van der Waals surface area contributed by atoms with E-state index in [1.54, 1.807) is 13.8 Å². The summed E-state index contributed by atoms with van der Waals surface area (Å²) in [4.78, 5) is 49.2. The first kappa shape index (κ1) is 29.7. The largest absolute Gasteiger partial charge is 0.480 e. The monoisotopic (exact) mass is 460 g/mol. The van der Waals surface area contributed by atoms with Crippen LogP contribution in [0.4, 0.5) is 0 Å². The van der Waals surface area contributed by atoms with E-state index in [0.717, 1.165) is 0 Å². The van der Waals surface area contributed by atoms with Gasteiger partial charge in [-0.3, -0.25) is 14.4 Å². The molecule has 0 rings (SSSR count). The highest BCUT2D eigenvalue weighted by molar-refractivity contribution is 5.94. The molecule has 0 aromatic carbocycles. The zero-order valence-corrected chi connectivity index (χ0v) is 19.0. The molecule has 32 heavy (non-hydrogen) atoms. The van der Waals surface area contributed by atoms with E-state index in [1.165, 1.54) is 0 Å². The third kappa shape index (κ3) is 11.4. The van der Waals surface area contributed by atoms with Crippen molar-refractivity contribution in [3.63, 3.8) is 0 Å². The number of unbranched alkanes of at least 4 members (excludes halogenated alkanes) is 2. The molecular weight excluding hydrogens is 420 g/mol. The fourth-order valence-corrected chi connectivity index (χ4v) is 2.92. The normalized spacial score (nSPS) is 14.8. The van der Waals surface area contributed by atoms with Gasteiger partial charge in [0.1, 0.15) is 24.2 Å². The second-order valence-electron chi connectivity index (χ2n) is 8.05. The molecule has 12 heteroatoms. The SMILES string of the molecule is CC(C)C(NC(=O)C(CCCCN)NC(=O)C(CCCCN)NC(=O)C(N)CO)C(=O)O. The van der Waals surface area contributed by atoms with Crippen molar-refractivity contribution in [3.8, 4) is 0 Å². The van der Waals surface area contributed by atoms with Crippen LogP contribution >= 0.6 is 0 Å². The number of aliphatic carboxylic acids is 1. The summed E-state index contributed by atoms with van der Waals surface area (Å²) in [5, 5.41) is 26.0. The molecule has 0 aromatic rings. The highest BCUT2D eigenvalue weighted by atomic mass is 16.4. The number of aliphatic hydroxyl groups is 1. The summed E-state index contributed by atoms with van der Waals surface area (Å²) in [5.41, 5.74) is 16.5. The summed E-state index contributed by atoms with van der Waals surface area (Å²) in [5.74, 6) is -3.47. The van der Waals surface area contributed by atoms with Gasteiger partial charge in [-0.25, -0.2) is 4.79 Å². The van der Waals surface area contributed by atoms with E-state index < -0.39 is 54.5 Å². The smallest absolute Gasteiger partial charge is 0.326 e. The van der Waals surface area contributed by atoms with Gasteiger partial charge in [-0.05, 0) is 57.5 Å². The number of carboxylic acids is 1. The fraction of sp³-hybridized carbons (Fsp3) is 0.800. The first-order valence-corrected chi connectivity index (χ1v) is 11.0. The molecule has 0 heterocycles. The third-order valence-corrected chi connectivity index (χ3v) is 4.92. The summed E-state index contributed by atoms with van der Waals surface area (Å²) in [6.07, 6.45) is 2.83. The minimum atomic E-state index is -1.19. The van der Waals surface area contributed by atoms with E-state index in [1.807, 2.05) is 0 Å². The number of amides is 3. The molecule has 0 saturated heterocycles. The summed E-state index contributed by atoms with van der Waals surface area (Å²) in [6.45, 7) is 3.55. The lowest BCUT2D eigenvalue weighted by Crippen LogP contribution is -2.57. The minimum absolute atomic E-state index is 0.249. The molecule has 0 aliphatic rings. The summed E-state index contributed by atoms with van der Waals surface area (Å²) >= 11 is 0. The van der Waals surface area contributed by atoms with Crippen molar-refractivity contribution in [2.75, 3.05) is 19.7 Å². The van der Waals surface area contributed by atoms with Crippen LogP contribution in [-0.2, 0) is 19.2 Å². The number of rotatable bonds is 17. The van der Waals surface area contributed by atoms with Gasteiger partial charge in [-0.1, -0.05) is 13.8 Å². The van der Waals surface area contributed by atoms with Crippen LogP contribution in [0.1, 0.15) is 52.4 Å². The molecule has 0 aliphatic carbocycles. The number of hydrogen-bond donors (Lipinski definition) is 8. The lowest BCUT2D eigenvalue weighted by molar-refractivity contribution is -0.143. The van der Waals surface area contributed by atoms with Crippen LogP contribution in [0.3, 0.4) is 0 Å². The van der Waals surface area contributed by atoms with Crippen LogP contribution in [0, 0.1) is 5.92 Å². The Morgan fingerprint density at radius 1 is 0.781 bits per heavy atom. The maximum Gasteiger partial charge on any atom is 0.326 e. The van der Waals surface area contributed by atoms with Gasteiger partial charge < -0.3 is 43.4 Å².